The second-order valence-electron chi connectivity index (χ2n) is 2.01. The first-order valence-corrected chi connectivity index (χ1v) is 2.77. The van der Waals surface area contributed by atoms with Gasteiger partial charge in [-0.25, -0.2) is 0 Å². The SMILES string of the molecule is [CH2]c1cc(C(N)=O)n(C)n1. The number of hydrogen-bond donors (Lipinski definition) is 1. The highest BCUT2D eigenvalue weighted by Gasteiger charge is 2.05. The summed E-state index contributed by atoms with van der Waals surface area (Å²) in [5, 5.41) is 3.84. The van der Waals surface area contributed by atoms with Crippen molar-refractivity contribution in [3.05, 3.63) is 24.4 Å². The molecule has 2 N–H and O–H groups in total. The Bertz CT molecular complexity index is 264. The Hall–Kier alpha value is -1.32. The van der Waals surface area contributed by atoms with E-state index < -0.39 is 5.91 Å². The van der Waals surface area contributed by atoms with Gasteiger partial charge >= 0.3 is 0 Å². The summed E-state index contributed by atoms with van der Waals surface area (Å²) in [6, 6.07) is 1.54. The molecule has 0 saturated carbocycles. The molecule has 0 unspecified atom stereocenters. The van der Waals surface area contributed by atoms with E-state index in [4.69, 9.17) is 5.73 Å². The molecule has 1 aromatic rings. The van der Waals surface area contributed by atoms with Gasteiger partial charge in [-0.3, -0.25) is 9.48 Å². The number of rotatable bonds is 1. The fourth-order valence-corrected chi connectivity index (χ4v) is 0.757. The number of primary amides is 1. The van der Waals surface area contributed by atoms with Gasteiger partial charge < -0.3 is 5.73 Å². The zero-order valence-corrected chi connectivity index (χ0v) is 5.66. The molecule has 1 radical (unpaired) electrons. The average Bonchev–Trinajstić information content (AvgIpc) is 2.10. The Morgan fingerprint density at radius 2 is 2.50 bits per heavy atom. The van der Waals surface area contributed by atoms with Gasteiger partial charge in [0.1, 0.15) is 5.69 Å². The van der Waals surface area contributed by atoms with Crippen molar-refractivity contribution in [2.45, 2.75) is 0 Å². The lowest BCUT2D eigenvalue weighted by Gasteiger charge is -1.92. The van der Waals surface area contributed by atoms with E-state index in [1.54, 1.807) is 13.1 Å². The molecule has 4 nitrogen and oxygen atoms in total. The van der Waals surface area contributed by atoms with Crippen LogP contribution in [0.25, 0.3) is 0 Å². The molecule has 1 amide bonds. The molecule has 0 bridgehead atoms. The van der Waals surface area contributed by atoms with Crippen LogP contribution < -0.4 is 5.73 Å². The molecule has 0 fully saturated rings. The summed E-state index contributed by atoms with van der Waals surface area (Å²) >= 11 is 0. The largest absolute Gasteiger partial charge is 0.364 e. The van der Waals surface area contributed by atoms with Gasteiger partial charge in [-0.15, -0.1) is 0 Å². The van der Waals surface area contributed by atoms with E-state index in [2.05, 4.69) is 12.0 Å². The Morgan fingerprint density at radius 1 is 1.90 bits per heavy atom. The molecule has 4 heteroatoms. The summed E-state index contributed by atoms with van der Waals surface area (Å²) < 4.78 is 1.41. The van der Waals surface area contributed by atoms with E-state index in [1.807, 2.05) is 0 Å². The van der Waals surface area contributed by atoms with Crippen LogP contribution in [-0.2, 0) is 7.05 Å². The molecule has 0 aliphatic heterocycles. The third-order valence-electron chi connectivity index (χ3n) is 1.18. The third kappa shape index (κ3) is 1.00. The minimum absolute atomic E-state index is 0.380. The van der Waals surface area contributed by atoms with Crippen LogP contribution in [-0.4, -0.2) is 15.7 Å². The van der Waals surface area contributed by atoms with Gasteiger partial charge in [0.2, 0.25) is 0 Å². The number of amides is 1. The van der Waals surface area contributed by atoms with Crippen LogP contribution in [0.5, 0.6) is 0 Å². The quantitative estimate of drug-likeness (QED) is 0.579. The summed E-state index contributed by atoms with van der Waals surface area (Å²) in [5.74, 6) is -0.482. The maximum absolute atomic E-state index is 10.6. The lowest BCUT2D eigenvalue weighted by molar-refractivity contribution is 0.0991. The number of carbonyl (C=O) groups is 1. The molecule has 1 aromatic heterocycles. The van der Waals surface area contributed by atoms with Crippen LogP contribution in [0.1, 0.15) is 16.2 Å². The minimum atomic E-state index is -0.482. The van der Waals surface area contributed by atoms with Gasteiger partial charge in [-0.1, -0.05) is 0 Å². The number of nitrogens with zero attached hydrogens (tertiary/aromatic N) is 2. The van der Waals surface area contributed by atoms with Crippen molar-refractivity contribution in [3.8, 4) is 0 Å². The van der Waals surface area contributed by atoms with Crippen molar-refractivity contribution in [2.24, 2.45) is 12.8 Å². The van der Waals surface area contributed by atoms with Crippen molar-refractivity contribution in [1.82, 2.24) is 9.78 Å². The lowest BCUT2D eigenvalue weighted by Crippen LogP contribution is -2.15. The van der Waals surface area contributed by atoms with Crippen molar-refractivity contribution in [2.75, 3.05) is 0 Å². The first kappa shape index (κ1) is 6.80. The predicted molar refractivity (Wildman–Crippen MR) is 36.2 cm³/mol. The zero-order chi connectivity index (χ0) is 7.72. The molecule has 0 spiro atoms. The van der Waals surface area contributed by atoms with Gasteiger partial charge in [0.25, 0.3) is 5.91 Å². The minimum Gasteiger partial charge on any atom is -0.364 e. The zero-order valence-electron chi connectivity index (χ0n) is 5.66. The molecule has 0 aromatic carbocycles. The summed E-state index contributed by atoms with van der Waals surface area (Å²) in [7, 11) is 1.65. The molecule has 53 valence electrons. The summed E-state index contributed by atoms with van der Waals surface area (Å²) in [6.45, 7) is 3.54. The molecule has 10 heavy (non-hydrogen) atoms. The van der Waals surface area contributed by atoms with Crippen molar-refractivity contribution >= 4 is 5.91 Å². The van der Waals surface area contributed by atoms with Crippen LogP contribution in [0, 0.1) is 6.92 Å². The number of aryl methyl sites for hydroxylation is 1. The smallest absolute Gasteiger partial charge is 0.266 e. The van der Waals surface area contributed by atoms with E-state index in [1.165, 1.54) is 4.68 Å². The first-order chi connectivity index (χ1) is 4.61. The second-order valence-corrected chi connectivity index (χ2v) is 2.01. The van der Waals surface area contributed by atoms with Gasteiger partial charge in [0.05, 0.1) is 5.69 Å². The number of aromatic nitrogens is 2. The third-order valence-corrected chi connectivity index (χ3v) is 1.18. The summed E-state index contributed by atoms with van der Waals surface area (Å²) in [4.78, 5) is 10.6. The monoisotopic (exact) mass is 138 g/mol. The molecular formula is C6H8N3O. The van der Waals surface area contributed by atoms with E-state index in [-0.39, 0.29) is 0 Å². The van der Waals surface area contributed by atoms with E-state index in [9.17, 15) is 4.79 Å². The molecule has 0 atom stereocenters. The standard InChI is InChI=1S/C6H8N3O/c1-4-3-5(6(7)10)9(2)8-4/h3H,1H2,2H3,(H2,7,10). The van der Waals surface area contributed by atoms with Gasteiger partial charge in [-0.05, 0) is 13.0 Å². The van der Waals surface area contributed by atoms with Crippen molar-refractivity contribution in [3.63, 3.8) is 0 Å². The van der Waals surface area contributed by atoms with Gasteiger partial charge in [0.15, 0.2) is 0 Å². The molecule has 0 saturated heterocycles. The highest BCUT2D eigenvalue weighted by Crippen LogP contribution is 1.99. The lowest BCUT2D eigenvalue weighted by atomic mass is 10.3. The predicted octanol–water partition coefficient (Wildman–Crippen LogP) is -0.299. The van der Waals surface area contributed by atoms with E-state index in [0.29, 0.717) is 11.4 Å². The van der Waals surface area contributed by atoms with E-state index >= 15 is 0 Å². The Kier molecular flexibility index (Phi) is 1.45. The van der Waals surface area contributed by atoms with Crippen molar-refractivity contribution < 1.29 is 4.79 Å². The average molecular weight is 138 g/mol. The highest BCUT2D eigenvalue weighted by molar-refractivity contribution is 5.91. The van der Waals surface area contributed by atoms with Crippen LogP contribution in [0.2, 0.25) is 0 Å². The van der Waals surface area contributed by atoms with Crippen LogP contribution in [0.3, 0.4) is 0 Å². The van der Waals surface area contributed by atoms with Gasteiger partial charge in [0, 0.05) is 7.05 Å². The Morgan fingerprint density at radius 3 is 2.70 bits per heavy atom. The van der Waals surface area contributed by atoms with Crippen LogP contribution in [0.4, 0.5) is 0 Å². The summed E-state index contributed by atoms with van der Waals surface area (Å²) in [5.41, 5.74) is 5.93. The fraction of sp³-hybridized carbons (Fsp3) is 0.167. The fourth-order valence-electron chi connectivity index (χ4n) is 0.757. The van der Waals surface area contributed by atoms with Crippen molar-refractivity contribution in [1.29, 1.82) is 0 Å². The van der Waals surface area contributed by atoms with Crippen LogP contribution in [0.15, 0.2) is 6.07 Å². The number of carbonyl (C=O) groups excluding carboxylic acids is 1. The maximum atomic E-state index is 10.6. The van der Waals surface area contributed by atoms with Crippen LogP contribution >= 0.6 is 0 Å². The van der Waals surface area contributed by atoms with Gasteiger partial charge in [-0.2, -0.15) is 5.10 Å². The topological polar surface area (TPSA) is 60.9 Å². The molecular weight excluding hydrogens is 130 g/mol. The number of hydrogen-bond acceptors (Lipinski definition) is 2. The molecule has 0 aliphatic carbocycles. The second kappa shape index (κ2) is 2.13. The Labute approximate surface area is 58.6 Å². The van der Waals surface area contributed by atoms with E-state index in [0.717, 1.165) is 0 Å². The molecule has 0 aliphatic rings. The Balaban J connectivity index is 3.15. The highest BCUT2D eigenvalue weighted by atomic mass is 16.1. The molecule has 1 heterocycles. The summed E-state index contributed by atoms with van der Waals surface area (Å²) in [6.07, 6.45) is 0. The number of nitrogens with two attached hydrogens (primary N) is 1. The molecule has 1 rings (SSSR count). The first-order valence-electron chi connectivity index (χ1n) is 2.77. The maximum Gasteiger partial charge on any atom is 0.266 e. The normalized spacial score (nSPS) is 9.80.